The number of thioether (sulfide) groups is 1. The van der Waals surface area contributed by atoms with Crippen LogP contribution >= 0.6 is 11.8 Å². The van der Waals surface area contributed by atoms with Gasteiger partial charge in [0.15, 0.2) is 0 Å². The molecule has 90 valence electrons. The van der Waals surface area contributed by atoms with Crippen LogP contribution in [0.2, 0.25) is 0 Å². The van der Waals surface area contributed by atoms with E-state index in [4.69, 9.17) is 10.5 Å². The highest BCUT2D eigenvalue weighted by Crippen LogP contribution is 2.11. The first kappa shape index (κ1) is 13.4. The largest absolute Gasteiger partial charge is 0.399 e. The normalized spacial score (nSPS) is 10.6. The van der Waals surface area contributed by atoms with Gasteiger partial charge in [-0.15, -0.1) is 0 Å². The van der Waals surface area contributed by atoms with Crippen molar-refractivity contribution in [2.45, 2.75) is 19.3 Å². The van der Waals surface area contributed by atoms with Crippen LogP contribution in [0.15, 0.2) is 24.3 Å². The van der Waals surface area contributed by atoms with Gasteiger partial charge in [-0.1, -0.05) is 12.1 Å². The standard InChI is InChI=1S/C13H21NOS/c1-15-8-4-10-16-9-3-6-12-5-2-7-13(14)11-12/h2,5,7,11H,3-4,6,8-10,14H2,1H3. The second kappa shape index (κ2) is 8.48. The first-order chi connectivity index (χ1) is 7.83. The second-order valence-corrected chi connectivity index (χ2v) is 5.03. The molecular formula is C13H21NOS. The van der Waals surface area contributed by atoms with Crippen LogP contribution in [0, 0.1) is 0 Å². The molecule has 3 heteroatoms. The molecule has 0 heterocycles. The van der Waals surface area contributed by atoms with E-state index in [0.717, 1.165) is 25.1 Å². The van der Waals surface area contributed by atoms with Crippen LogP contribution in [0.3, 0.4) is 0 Å². The van der Waals surface area contributed by atoms with Crippen LogP contribution in [0.1, 0.15) is 18.4 Å². The van der Waals surface area contributed by atoms with Gasteiger partial charge in [-0.3, -0.25) is 0 Å². The van der Waals surface area contributed by atoms with Gasteiger partial charge in [0.1, 0.15) is 0 Å². The Labute approximate surface area is 103 Å². The van der Waals surface area contributed by atoms with Crippen molar-refractivity contribution in [1.82, 2.24) is 0 Å². The van der Waals surface area contributed by atoms with Crippen LogP contribution in [-0.4, -0.2) is 25.2 Å². The average Bonchev–Trinajstić information content (AvgIpc) is 2.28. The molecule has 0 aliphatic heterocycles. The summed E-state index contributed by atoms with van der Waals surface area (Å²) in [6.45, 7) is 0.877. The highest BCUT2D eigenvalue weighted by Gasteiger charge is 1.95. The molecule has 0 unspecified atom stereocenters. The third kappa shape index (κ3) is 6.03. The number of benzene rings is 1. The number of nitrogen functional groups attached to an aromatic ring is 1. The lowest BCUT2D eigenvalue weighted by molar-refractivity contribution is 0.200. The molecule has 0 amide bonds. The number of hydrogen-bond acceptors (Lipinski definition) is 3. The van der Waals surface area contributed by atoms with Crippen LogP contribution in [0.5, 0.6) is 0 Å². The maximum atomic E-state index is 5.72. The SMILES string of the molecule is COCCCSCCCc1cccc(N)c1. The Kier molecular flexibility index (Phi) is 7.10. The predicted molar refractivity (Wildman–Crippen MR) is 73.0 cm³/mol. The lowest BCUT2D eigenvalue weighted by atomic mass is 10.1. The molecule has 0 saturated heterocycles. The van der Waals surface area contributed by atoms with Gasteiger partial charge in [0.2, 0.25) is 0 Å². The second-order valence-electron chi connectivity index (χ2n) is 3.81. The van der Waals surface area contributed by atoms with E-state index in [1.54, 1.807) is 7.11 Å². The van der Waals surface area contributed by atoms with Crippen molar-refractivity contribution in [3.05, 3.63) is 29.8 Å². The first-order valence-electron chi connectivity index (χ1n) is 5.74. The fourth-order valence-corrected chi connectivity index (χ4v) is 2.41. The van der Waals surface area contributed by atoms with E-state index in [2.05, 4.69) is 12.1 Å². The Morgan fingerprint density at radius 1 is 1.25 bits per heavy atom. The number of methoxy groups -OCH3 is 1. The zero-order chi connectivity index (χ0) is 11.6. The smallest absolute Gasteiger partial charge is 0.0470 e. The summed E-state index contributed by atoms with van der Waals surface area (Å²) in [6, 6.07) is 8.17. The molecule has 0 aromatic heterocycles. The number of aryl methyl sites for hydroxylation is 1. The number of ether oxygens (including phenoxy) is 1. The van der Waals surface area contributed by atoms with E-state index in [9.17, 15) is 0 Å². The molecule has 0 fully saturated rings. The van der Waals surface area contributed by atoms with Crippen LogP contribution in [0.25, 0.3) is 0 Å². The van der Waals surface area contributed by atoms with Gasteiger partial charge in [0, 0.05) is 19.4 Å². The van der Waals surface area contributed by atoms with Crippen molar-refractivity contribution in [3.63, 3.8) is 0 Å². The van der Waals surface area contributed by atoms with E-state index in [1.165, 1.54) is 23.5 Å². The van der Waals surface area contributed by atoms with Crippen molar-refractivity contribution in [3.8, 4) is 0 Å². The van der Waals surface area contributed by atoms with Gasteiger partial charge in [0.25, 0.3) is 0 Å². The lowest BCUT2D eigenvalue weighted by Crippen LogP contribution is -1.93. The zero-order valence-electron chi connectivity index (χ0n) is 9.95. The van der Waals surface area contributed by atoms with Gasteiger partial charge in [-0.25, -0.2) is 0 Å². The molecule has 0 spiro atoms. The minimum atomic E-state index is 0.866. The summed E-state index contributed by atoms with van der Waals surface area (Å²) in [5, 5.41) is 0. The average molecular weight is 239 g/mol. The number of nitrogens with two attached hydrogens (primary N) is 1. The summed E-state index contributed by atoms with van der Waals surface area (Å²) in [6.07, 6.45) is 3.50. The zero-order valence-corrected chi connectivity index (χ0v) is 10.8. The molecule has 16 heavy (non-hydrogen) atoms. The molecule has 2 nitrogen and oxygen atoms in total. The van der Waals surface area contributed by atoms with Crippen molar-refractivity contribution in [2.75, 3.05) is 31.0 Å². The summed E-state index contributed by atoms with van der Waals surface area (Å²) < 4.78 is 5.00. The molecule has 0 radical (unpaired) electrons. The number of rotatable bonds is 8. The summed E-state index contributed by atoms with van der Waals surface area (Å²) in [4.78, 5) is 0. The Morgan fingerprint density at radius 3 is 2.81 bits per heavy atom. The number of hydrogen-bond donors (Lipinski definition) is 1. The molecule has 2 N–H and O–H groups in total. The Hall–Kier alpha value is -0.670. The van der Waals surface area contributed by atoms with Crippen molar-refractivity contribution in [2.24, 2.45) is 0 Å². The van der Waals surface area contributed by atoms with Crippen LogP contribution in [-0.2, 0) is 11.2 Å². The Morgan fingerprint density at radius 2 is 2.06 bits per heavy atom. The Bertz CT molecular complexity index is 291. The number of anilines is 1. The van der Waals surface area contributed by atoms with Crippen molar-refractivity contribution >= 4 is 17.4 Å². The van der Waals surface area contributed by atoms with Gasteiger partial charge in [-0.05, 0) is 48.5 Å². The summed E-state index contributed by atoms with van der Waals surface area (Å²) >= 11 is 2.01. The summed E-state index contributed by atoms with van der Waals surface area (Å²) in [7, 11) is 1.75. The lowest BCUT2D eigenvalue weighted by Gasteiger charge is -2.03. The molecule has 0 atom stereocenters. The maximum absolute atomic E-state index is 5.72. The quantitative estimate of drug-likeness (QED) is 0.559. The summed E-state index contributed by atoms with van der Waals surface area (Å²) in [5.74, 6) is 2.42. The predicted octanol–water partition coefficient (Wildman–Crippen LogP) is 2.97. The topological polar surface area (TPSA) is 35.2 Å². The molecule has 0 bridgehead atoms. The van der Waals surface area contributed by atoms with E-state index >= 15 is 0 Å². The highest BCUT2D eigenvalue weighted by atomic mass is 32.2. The third-order valence-electron chi connectivity index (χ3n) is 2.34. The highest BCUT2D eigenvalue weighted by molar-refractivity contribution is 7.99. The molecule has 1 rings (SSSR count). The van der Waals surface area contributed by atoms with Crippen LogP contribution in [0.4, 0.5) is 5.69 Å². The maximum Gasteiger partial charge on any atom is 0.0470 e. The van der Waals surface area contributed by atoms with E-state index in [1.807, 2.05) is 23.9 Å². The van der Waals surface area contributed by atoms with Crippen molar-refractivity contribution < 1.29 is 4.74 Å². The van der Waals surface area contributed by atoms with Gasteiger partial charge >= 0.3 is 0 Å². The molecule has 1 aromatic carbocycles. The van der Waals surface area contributed by atoms with Gasteiger partial charge in [-0.2, -0.15) is 11.8 Å². The van der Waals surface area contributed by atoms with Crippen LogP contribution < -0.4 is 5.73 Å². The minimum Gasteiger partial charge on any atom is -0.399 e. The molecular weight excluding hydrogens is 218 g/mol. The first-order valence-corrected chi connectivity index (χ1v) is 6.89. The molecule has 0 saturated carbocycles. The third-order valence-corrected chi connectivity index (χ3v) is 3.50. The van der Waals surface area contributed by atoms with E-state index < -0.39 is 0 Å². The molecule has 0 aliphatic carbocycles. The monoisotopic (exact) mass is 239 g/mol. The van der Waals surface area contributed by atoms with Crippen molar-refractivity contribution in [1.29, 1.82) is 0 Å². The minimum absolute atomic E-state index is 0.866. The van der Waals surface area contributed by atoms with Gasteiger partial charge < -0.3 is 10.5 Å². The molecule has 1 aromatic rings. The van der Waals surface area contributed by atoms with E-state index in [0.29, 0.717) is 0 Å². The fourth-order valence-electron chi connectivity index (χ4n) is 1.53. The van der Waals surface area contributed by atoms with Gasteiger partial charge in [0.05, 0.1) is 0 Å². The fraction of sp³-hybridized carbons (Fsp3) is 0.538. The van der Waals surface area contributed by atoms with E-state index in [-0.39, 0.29) is 0 Å². The Balaban J connectivity index is 2.03. The summed E-state index contributed by atoms with van der Waals surface area (Å²) in [5.41, 5.74) is 7.94. The molecule has 0 aliphatic rings.